The van der Waals surface area contributed by atoms with E-state index in [0.29, 0.717) is 18.0 Å². The molecule has 1 unspecified atom stereocenters. The summed E-state index contributed by atoms with van der Waals surface area (Å²) in [6, 6.07) is 2.45. The third-order valence-corrected chi connectivity index (χ3v) is 3.10. The van der Waals surface area contributed by atoms with Crippen LogP contribution in [-0.2, 0) is 17.6 Å². The molecule has 0 radical (unpaired) electrons. The molecule has 0 spiro atoms. The van der Waals surface area contributed by atoms with Crippen LogP contribution in [0.5, 0.6) is 0 Å². The van der Waals surface area contributed by atoms with Crippen LogP contribution in [0.3, 0.4) is 0 Å². The van der Waals surface area contributed by atoms with Crippen LogP contribution in [0.25, 0.3) is 0 Å². The van der Waals surface area contributed by atoms with Crippen LogP contribution in [0, 0.1) is 11.3 Å². The van der Waals surface area contributed by atoms with Gasteiger partial charge in [0.15, 0.2) is 5.82 Å². The van der Waals surface area contributed by atoms with Crippen molar-refractivity contribution < 1.29 is 4.74 Å². The fourth-order valence-electron chi connectivity index (χ4n) is 1.99. The molecule has 0 amide bonds. The molecule has 0 aliphatic rings. The van der Waals surface area contributed by atoms with E-state index in [4.69, 9.17) is 4.74 Å². The summed E-state index contributed by atoms with van der Waals surface area (Å²) in [6.45, 7) is 6.78. The van der Waals surface area contributed by atoms with Gasteiger partial charge in [-0.25, -0.2) is 0 Å². The highest BCUT2D eigenvalue weighted by Crippen LogP contribution is 2.20. The number of hydrogen-bond acceptors (Lipinski definition) is 5. The number of nitrogens with zero attached hydrogens (tertiary/aromatic N) is 3. The SMILES string of the molecule is CCc1nnc(NC(C)CCOC)c(C#N)c1CC. The van der Waals surface area contributed by atoms with Gasteiger partial charge in [0.1, 0.15) is 11.6 Å². The Hall–Kier alpha value is -1.67. The number of nitrogens with one attached hydrogen (secondary N) is 1. The van der Waals surface area contributed by atoms with E-state index in [9.17, 15) is 5.26 Å². The van der Waals surface area contributed by atoms with Crippen molar-refractivity contribution in [3.63, 3.8) is 0 Å². The minimum Gasteiger partial charge on any atom is -0.385 e. The van der Waals surface area contributed by atoms with Crippen LogP contribution >= 0.6 is 0 Å². The summed E-state index contributed by atoms with van der Waals surface area (Å²) < 4.78 is 5.05. The summed E-state index contributed by atoms with van der Waals surface area (Å²) in [5.74, 6) is 0.583. The zero-order valence-electron chi connectivity index (χ0n) is 12.2. The summed E-state index contributed by atoms with van der Waals surface area (Å²) in [4.78, 5) is 0. The maximum absolute atomic E-state index is 9.36. The smallest absolute Gasteiger partial charge is 0.167 e. The van der Waals surface area contributed by atoms with Crippen molar-refractivity contribution in [3.05, 3.63) is 16.8 Å². The molecule has 1 aromatic rings. The molecule has 1 N–H and O–H groups in total. The summed E-state index contributed by atoms with van der Waals surface area (Å²) in [7, 11) is 1.68. The predicted molar refractivity (Wildman–Crippen MR) is 75.1 cm³/mol. The first-order valence-electron chi connectivity index (χ1n) is 6.71. The first kappa shape index (κ1) is 15.4. The minimum atomic E-state index is 0.193. The number of hydrogen-bond donors (Lipinski definition) is 1. The Kier molecular flexibility index (Phi) is 6.23. The van der Waals surface area contributed by atoms with E-state index in [2.05, 4.69) is 21.6 Å². The van der Waals surface area contributed by atoms with Gasteiger partial charge in [-0.15, -0.1) is 5.10 Å². The lowest BCUT2D eigenvalue weighted by Gasteiger charge is -2.16. The molecule has 104 valence electrons. The second kappa shape index (κ2) is 7.70. The molecule has 1 aromatic heterocycles. The van der Waals surface area contributed by atoms with Crippen LogP contribution in [-0.4, -0.2) is 30.0 Å². The van der Waals surface area contributed by atoms with E-state index in [1.165, 1.54) is 0 Å². The van der Waals surface area contributed by atoms with Gasteiger partial charge in [0.25, 0.3) is 0 Å². The largest absolute Gasteiger partial charge is 0.385 e. The Labute approximate surface area is 115 Å². The number of aryl methyl sites for hydroxylation is 1. The molecule has 0 fully saturated rings. The molecule has 0 aliphatic carbocycles. The van der Waals surface area contributed by atoms with Gasteiger partial charge < -0.3 is 10.1 Å². The predicted octanol–water partition coefficient (Wildman–Crippen LogP) is 2.31. The third-order valence-electron chi connectivity index (χ3n) is 3.10. The van der Waals surface area contributed by atoms with Crippen molar-refractivity contribution in [2.24, 2.45) is 0 Å². The van der Waals surface area contributed by atoms with Gasteiger partial charge in [0.05, 0.1) is 5.69 Å². The quantitative estimate of drug-likeness (QED) is 0.816. The fourth-order valence-corrected chi connectivity index (χ4v) is 1.99. The van der Waals surface area contributed by atoms with E-state index < -0.39 is 0 Å². The van der Waals surface area contributed by atoms with Crippen molar-refractivity contribution in [1.82, 2.24) is 10.2 Å². The number of nitriles is 1. The third kappa shape index (κ3) is 3.90. The standard InChI is InChI=1S/C14H22N4O/c1-5-11-12(9-15)14(18-17-13(11)6-2)16-10(3)7-8-19-4/h10H,5-8H2,1-4H3,(H,16,18). The Bertz CT molecular complexity index is 453. The average molecular weight is 262 g/mol. The summed E-state index contributed by atoms with van der Waals surface area (Å²) in [5.41, 5.74) is 2.54. The lowest BCUT2D eigenvalue weighted by atomic mass is 10.0. The lowest BCUT2D eigenvalue weighted by molar-refractivity contribution is 0.191. The van der Waals surface area contributed by atoms with E-state index >= 15 is 0 Å². The van der Waals surface area contributed by atoms with Gasteiger partial charge in [-0.05, 0) is 31.7 Å². The van der Waals surface area contributed by atoms with Crippen LogP contribution in [0.2, 0.25) is 0 Å². The summed E-state index contributed by atoms with van der Waals surface area (Å²) in [6.07, 6.45) is 2.45. The molecule has 0 saturated heterocycles. The van der Waals surface area contributed by atoms with E-state index in [1.54, 1.807) is 7.11 Å². The van der Waals surface area contributed by atoms with Crippen LogP contribution in [0.4, 0.5) is 5.82 Å². The number of rotatable bonds is 7. The lowest BCUT2D eigenvalue weighted by Crippen LogP contribution is -2.20. The normalized spacial score (nSPS) is 11.9. The molecule has 0 aliphatic heterocycles. The molecule has 1 heterocycles. The Balaban J connectivity index is 2.99. The molecule has 1 rings (SSSR count). The molecule has 5 nitrogen and oxygen atoms in total. The van der Waals surface area contributed by atoms with Gasteiger partial charge in [0.2, 0.25) is 0 Å². The Morgan fingerprint density at radius 2 is 2.05 bits per heavy atom. The van der Waals surface area contributed by atoms with E-state index in [-0.39, 0.29) is 6.04 Å². The van der Waals surface area contributed by atoms with Crippen molar-refractivity contribution in [2.75, 3.05) is 19.0 Å². The topological polar surface area (TPSA) is 70.8 Å². The van der Waals surface area contributed by atoms with Crippen molar-refractivity contribution in [3.8, 4) is 6.07 Å². The molecule has 5 heteroatoms. The van der Waals surface area contributed by atoms with Crippen molar-refractivity contribution >= 4 is 5.82 Å². The number of aromatic nitrogens is 2. The zero-order valence-corrected chi connectivity index (χ0v) is 12.2. The van der Waals surface area contributed by atoms with Gasteiger partial charge in [0, 0.05) is 19.8 Å². The first-order chi connectivity index (χ1) is 9.17. The number of anilines is 1. The summed E-state index contributed by atoms with van der Waals surface area (Å²) in [5, 5.41) is 21.0. The maximum atomic E-state index is 9.36. The molecule has 1 atom stereocenters. The highest BCUT2D eigenvalue weighted by Gasteiger charge is 2.15. The first-order valence-corrected chi connectivity index (χ1v) is 6.71. The van der Waals surface area contributed by atoms with Gasteiger partial charge in [-0.3, -0.25) is 0 Å². The zero-order chi connectivity index (χ0) is 14.3. The molecule has 0 bridgehead atoms. The number of methoxy groups -OCH3 is 1. The molecular weight excluding hydrogens is 240 g/mol. The van der Waals surface area contributed by atoms with Crippen LogP contribution < -0.4 is 5.32 Å². The molecule has 0 saturated carbocycles. The fraction of sp³-hybridized carbons (Fsp3) is 0.643. The average Bonchev–Trinajstić information content (AvgIpc) is 2.44. The van der Waals surface area contributed by atoms with Gasteiger partial charge >= 0.3 is 0 Å². The van der Waals surface area contributed by atoms with Crippen molar-refractivity contribution in [2.45, 2.75) is 46.1 Å². The monoisotopic (exact) mass is 262 g/mol. The van der Waals surface area contributed by atoms with Gasteiger partial charge in [-0.1, -0.05) is 13.8 Å². The Morgan fingerprint density at radius 1 is 1.32 bits per heavy atom. The van der Waals surface area contributed by atoms with E-state index in [0.717, 1.165) is 30.5 Å². The van der Waals surface area contributed by atoms with Crippen LogP contribution in [0.15, 0.2) is 0 Å². The number of ether oxygens (including phenoxy) is 1. The summed E-state index contributed by atoms with van der Waals surface area (Å²) >= 11 is 0. The minimum absolute atomic E-state index is 0.193. The molecule has 0 aromatic carbocycles. The highest BCUT2D eigenvalue weighted by molar-refractivity contribution is 5.56. The maximum Gasteiger partial charge on any atom is 0.167 e. The second-order valence-corrected chi connectivity index (χ2v) is 4.49. The highest BCUT2D eigenvalue weighted by atomic mass is 16.5. The molecule has 19 heavy (non-hydrogen) atoms. The second-order valence-electron chi connectivity index (χ2n) is 4.49. The van der Waals surface area contributed by atoms with E-state index in [1.807, 2.05) is 20.8 Å². The van der Waals surface area contributed by atoms with Crippen molar-refractivity contribution in [1.29, 1.82) is 5.26 Å². The van der Waals surface area contributed by atoms with Crippen LogP contribution in [0.1, 0.15) is 44.0 Å². The van der Waals surface area contributed by atoms with Gasteiger partial charge in [-0.2, -0.15) is 10.4 Å². The molecular formula is C14H22N4O. The Morgan fingerprint density at radius 3 is 2.58 bits per heavy atom.